The van der Waals surface area contributed by atoms with Crippen molar-refractivity contribution in [1.82, 2.24) is 0 Å². The number of aliphatic carboxylic acids is 1. The van der Waals surface area contributed by atoms with E-state index >= 15 is 0 Å². The van der Waals surface area contributed by atoms with Gasteiger partial charge in [-0.25, -0.2) is 18.0 Å². The van der Waals surface area contributed by atoms with Crippen LogP contribution in [0.4, 0.5) is 13.2 Å². The lowest BCUT2D eigenvalue weighted by Crippen LogP contribution is -1.97. The van der Waals surface area contributed by atoms with Gasteiger partial charge in [0.1, 0.15) is 11.9 Å². The van der Waals surface area contributed by atoms with Gasteiger partial charge in [0, 0.05) is 17.7 Å². The molecule has 3 nitrogen and oxygen atoms in total. The first kappa shape index (κ1) is 11.8. The molecule has 0 aromatic heterocycles. The zero-order valence-corrected chi connectivity index (χ0v) is 7.67. The maximum Gasteiger partial charge on any atom is 0.329 e. The summed E-state index contributed by atoms with van der Waals surface area (Å²) in [6, 6.07) is 2.20. The van der Waals surface area contributed by atoms with E-state index in [9.17, 15) is 18.0 Å². The van der Waals surface area contributed by atoms with Gasteiger partial charge in [-0.1, -0.05) is 0 Å². The van der Waals surface area contributed by atoms with Crippen LogP contribution in [-0.4, -0.2) is 11.1 Å². The second-order valence-corrected chi connectivity index (χ2v) is 2.76. The summed E-state index contributed by atoms with van der Waals surface area (Å²) in [5.41, 5.74) is -1.38. The van der Waals surface area contributed by atoms with Crippen LogP contribution < -0.4 is 0 Å². The van der Waals surface area contributed by atoms with E-state index in [-0.39, 0.29) is 0 Å². The van der Waals surface area contributed by atoms with Gasteiger partial charge in [-0.05, 0) is 6.07 Å². The number of benzene rings is 1. The van der Waals surface area contributed by atoms with Crippen LogP contribution >= 0.6 is 0 Å². The van der Waals surface area contributed by atoms with E-state index in [1.807, 2.05) is 0 Å². The maximum absolute atomic E-state index is 13.1. The molecule has 0 saturated carbocycles. The van der Waals surface area contributed by atoms with E-state index < -0.39 is 34.6 Å². The van der Waals surface area contributed by atoms with Crippen molar-refractivity contribution in [2.75, 3.05) is 0 Å². The number of halogens is 3. The van der Waals surface area contributed by atoms with Crippen molar-refractivity contribution >= 4 is 11.5 Å². The predicted molar refractivity (Wildman–Crippen MR) is 47.5 cm³/mol. The summed E-state index contributed by atoms with van der Waals surface area (Å²) < 4.78 is 38.7. The SMILES string of the molecule is N#CC(=CC(=O)O)c1cc(F)cc(F)c1F. The van der Waals surface area contributed by atoms with Gasteiger partial charge in [0.2, 0.25) is 0 Å². The molecule has 1 rings (SSSR count). The van der Waals surface area contributed by atoms with Crippen molar-refractivity contribution in [2.24, 2.45) is 0 Å². The third-order valence-electron chi connectivity index (χ3n) is 1.67. The summed E-state index contributed by atoms with van der Waals surface area (Å²) in [6.45, 7) is 0. The Bertz CT molecular complexity index is 518. The van der Waals surface area contributed by atoms with E-state index in [1.54, 1.807) is 0 Å². The first-order valence-electron chi connectivity index (χ1n) is 3.95. The number of allylic oxidation sites excluding steroid dienone is 1. The van der Waals surface area contributed by atoms with Crippen molar-refractivity contribution < 1.29 is 23.1 Å². The summed E-state index contributed by atoms with van der Waals surface area (Å²) in [4.78, 5) is 10.3. The Morgan fingerprint density at radius 1 is 1.38 bits per heavy atom. The number of hydrogen-bond acceptors (Lipinski definition) is 2. The quantitative estimate of drug-likeness (QED) is 0.478. The van der Waals surface area contributed by atoms with Crippen molar-refractivity contribution in [3.8, 4) is 6.07 Å². The van der Waals surface area contributed by atoms with E-state index in [1.165, 1.54) is 6.07 Å². The number of carboxylic acid groups (broad SMARTS) is 1. The van der Waals surface area contributed by atoms with Crippen LogP contribution in [0.5, 0.6) is 0 Å². The molecule has 1 aromatic carbocycles. The molecule has 0 heterocycles. The average molecular weight is 227 g/mol. The Hall–Kier alpha value is -2.29. The monoisotopic (exact) mass is 227 g/mol. The molecule has 0 aliphatic carbocycles. The highest BCUT2D eigenvalue weighted by Crippen LogP contribution is 2.21. The lowest BCUT2D eigenvalue weighted by atomic mass is 10.1. The summed E-state index contributed by atoms with van der Waals surface area (Å²) in [5, 5.41) is 16.9. The van der Waals surface area contributed by atoms with E-state index in [2.05, 4.69) is 0 Å². The Kier molecular flexibility index (Phi) is 3.30. The van der Waals surface area contributed by atoms with Crippen molar-refractivity contribution in [3.63, 3.8) is 0 Å². The van der Waals surface area contributed by atoms with Crippen LogP contribution in [0.3, 0.4) is 0 Å². The van der Waals surface area contributed by atoms with Crippen molar-refractivity contribution in [1.29, 1.82) is 5.26 Å². The number of rotatable bonds is 2. The van der Waals surface area contributed by atoms with E-state index in [0.29, 0.717) is 18.2 Å². The van der Waals surface area contributed by atoms with Gasteiger partial charge in [0.05, 0.1) is 5.57 Å². The maximum atomic E-state index is 13.1. The molecule has 82 valence electrons. The molecule has 16 heavy (non-hydrogen) atoms. The number of carbonyl (C=O) groups is 1. The molecular weight excluding hydrogens is 223 g/mol. The summed E-state index contributed by atoms with van der Waals surface area (Å²) in [7, 11) is 0. The largest absolute Gasteiger partial charge is 0.478 e. The van der Waals surface area contributed by atoms with Crippen LogP contribution in [-0.2, 0) is 4.79 Å². The highest BCUT2D eigenvalue weighted by atomic mass is 19.2. The smallest absolute Gasteiger partial charge is 0.329 e. The van der Waals surface area contributed by atoms with Gasteiger partial charge in [-0.2, -0.15) is 5.26 Å². The Labute approximate surface area is 88.0 Å². The minimum Gasteiger partial charge on any atom is -0.478 e. The minimum absolute atomic E-state index is 0.300. The van der Waals surface area contributed by atoms with Crippen molar-refractivity contribution in [3.05, 3.63) is 41.2 Å². The minimum atomic E-state index is -1.51. The normalized spacial score (nSPS) is 11.0. The Balaban J connectivity index is 3.43. The summed E-state index contributed by atoms with van der Waals surface area (Å²) in [6.07, 6.45) is 0.372. The van der Waals surface area contributed by atoms with Crippen LogP contribution in [0.2, 0.25) is 0 Å². The van der Waals surface area contributed by atoms with Gasteiger partial charge >= 0.3 is 5.97 Å². The molecular formula is C10H4F3NO2. The molecule has 0 amide bonds. The third kappa shape index (κ3) is 2.39. The molecule has 0 radical (unpaired) electrons. The lowest BCUT2D eigenvalue weighted by molar-refractivity contribution is -0.131. The second-order valence-electron chi connectivity index (χ2n) is 2.76. The van der Waals surface area contributed by atoms with Crippen LogP contribution in [0.15, 0.2) is 18.2 Å². The topological polar surface area (TPSA) is 61.1 Å². The molecule has 1 N–H and O–H groups in total. The number of hydrogen-bond donors (Lipinski definition) is 1. The van der Waals surface area contributed by atoms with Gasteiger partial charge < -0.3 is 5.11 Å². The fraction of sp³-hybridized carbons (Fsp3) is 0. The van der Waals surface area contributed by atoms with Crippen LogP contribution in [0, 0.1) is 28.8 Å². The average Bonchev–Trinajstić information content (AvgIpc) is 2.20. The fourth-order valence-corrected chi connectivity index (χ4v) is 1.05. The molecule has 0 saturated heterocycles. The fourth-order valence-electron chi connectivity index (χ4n) is 1.05. The molecule has 0 aliphatic heterocycles. The lowest BCUT2D eigenvalue weighted by Gasteiger charge is -2.02. The number of nitriles is 1. The first-order chi connectivity index (χ1) is 7.45. The van der Waals surface area contributed by atoms with Gasteiger partial charge in [-0.15, -0.1) is 0 Å². The summed E-state index contributed by atoms with van der Waals surface area (Å²) >= 11 is 0. The molecule has 0 bridgehead atoms. The summed E-state index contributed by atoms with van der Waals surface area (Å²) in [5.74, 6) is -5.56. The molecule has 0 aliphatic rings. The van der Waals surface area contributed by atoms with Crippen LogP contribution in [0.1, 0.15) is 5.56 Å². The van der Waals surface area contributed by atoms with Gasteiger partial charge in [-0.3, -0.25) is 0 Å². The molecule has 0 atom stereocenters. The standard InChI is InChI=1S/C10H4F3NO2/c11-6-2-7(10(13)8(12)3-6)5(4-14)1-9(15)16/h1-3H,(H,15,16). The Morgan fingerprint density at radius 3 is 2.50 bits per heavy atom. The predicted octanol–water partition coefficient (Wildman–Crippen LogP) is 2.10. The molecule has 6 heteroatoms. The van der Waals surface area contributed by atoms with E-state index in [4.69, 9.17) is 10.4 Å². The second kappa shape index (κ2) is 4.49. The van der Waals surface area contributed by atoms with Crippen molar-refractivity contribution in [2.45, 2.75) is 0 Å². The first-order valence-corrected chi connectivity index (χ1v) is 3.95. The highest BCUT2D eigenvalue weighted by molar-refractivity contribution is 5.94. The van der Waals surface area contributed by atoms with Gasteiger partial charge in [0.25, 0.3) is 0 Å². The van der Waals surface area contributed by atoms with Crippen LogP contribution in [0.25, 0.3) is 5.57 Å². The zero-order valence-electron chi connectivity index (χ0n) is 7.67. The van der Waals surface area contributed by atoms with Gasteiger partial charge in [0.15, 0.2) is 11.6 Å². The van der Waals surface area contributed by atoms with E-state index in [0.717, 1.165) is 0 Å². The zero-order chi connectivity index (χ0) is 12.3. The third-order valence-corrected chi connectivity index (χ3v) is 1.67. The molecule has 1 aromatic rings. The molecule has 0 unspecified atom stereocenters. The number of nitrogens with zero attached hydrogens (tertiary/aromatic N) is 1. The molecule has 0 spiro atoms. The Morgan fingerprint density at radius 2 is 2.00 bits per heavy atom. The highest BCUT2D eigenvalue weighted by Gasteiger charge is 2.15. The molecule has 0 fully saturated rings. The number of carboxylic acids is 1.